The highest BCUT2D eigenvalue weighted by molar-refractivity contribution is 9.10. The highest BCUT2D eigenvalue weighted by atomic mass is 79.9. The quantitative estimate of drug-likeness (QED) is 0.660. The van der Waals surface area contributed by atoms with E-state index in [9.17, 15) is 13.2 Å². The minimum absolute atomic E-state index is 0.0160. The van der Waals surface area contributed by atoms with Gasteiger partial charge in [0.2, 0.25) is 15.9 Å². The van der Waals surface area contributed by atoms with E-state index in [1.807, 2.05) is 6.92 Å². The third kappa shape index (κ3) is 4.73. The van der Waals surface area contributed by atoms with Gasteiger partial charge >= 0.3 is 0 Å². The fourth-order valence-corrected chi connectivity index (χ4v) is 3.03. The van der Waals surface area contributed by atoms with Crippen molar-refractivity contribution in [3.05, 3.63) is 16.7 Å². The normalized spacial score (nSPS) is 11.2. The lowest BCUT2D eigenvalue weighted by Gasteiger charge is -2.10. The van der Waals surface area contributed by atoms with Crippen LogP contribution >= 0.6 is 15.9 Å². The Morgan fingerprint density at radius 1 is 1.45 bits per heavy atom. The molecule has 0 saturated carbocycles. The number of rotatable bonds is 7. The van der Waals surface area contributed by atoms with Gasteiger partial charge in [0.05, 0.1) is 6.54 Å². The fourth-order valence-electron chi connectivity index (χ4n) is 1.38. The minimum Gasteiger partial charge on any atom is -0.372 e. The Morgan fingerprint density at radius 3 is 2.75 bits per heavy atom. The molecule has 0 aliphatic rings. The number of carbonyl (C=O) groups excluding carboxylic acids is 1. The highest BCUT2D eigenvalue weighted by Crippen LogP contribution is 2.22. The van der Waals surface area contributed by atoms with Crippen molar-refractivity contribution in [3.63, 3.8) is 0 Å². The van der Waals surface area contributed by atoms with E-state index in [0.717, 1.165) is 6.42 Å². The van der Waals surface area contributed by atoms with E-state index in [1.165, 1.54) is 12.3 Å². The first-order valence-corrected chi connectivity index (χ1v) is 8.28. The van der Waals surface area contributed by atoms with Crippen molar-refractivity contribution >= 4 is 37.7 Å². The maximum Gasteiger partial charge on any atom is 0.244 e. The van der Waals surface area contributed by atoms with Crippen molar-refractivity contribution in [2.75, 3.05) is 25.5 Å². The van der Waals surface area contributed by atoms with Crippen LogP contribution < -0.4 is 15.4 Å². The molecule has 1 rings (SSSR count). The van der Waals surface area contributed by atoms with Gasteiger partial charge in [0.1, 0.15) is 10.7 Å². The molecule has 20 heavy (non-hydrogen) atoms. The van der Waals surface area contributed by atoms with Gasteiger partial charge < -0.3 is 10.6 Å². The lowest BCUT2D eigenvalue weighted by Crippen LogP contribution is -2.37. The van der Waals surface area contributed by atoms with Gasteiger partial charge in [0.25, 0.3) is 0 Å². The zero-order chi connectivity index (χ0) is 15.2. The Kier molecular flexibility index (Phi) is 6.37. The summed E-state index contributed by atoms with van der Waals surface area (Å²) in [5.74, 6) is -0.154. The van der Waals surface area contributed by atoms with Crippen molar-refractivity contribution < 1.29 is 13.2 Å². The smallest absolute Gasteiger partial charge is 0.244 e. The molecule has 112 valence electrons. The first-order chi connectivity index (χ1) is 9.40. The van der Waals surface area contributed by atoms with E-state index in [4.69, 9.17) is 0 Å². The second-order valence-corrected chi connectivity index (χ2v) is 6.58. The van der Waals surface area contributed by atoms with Crippen LogP contribution in [0.5, 0.6) is 0 Å². The second-order valence-electron chi connectivity index (χ2n) is 3.92. The van der Waals surface area contributed by atoms with Gasteiger partial charge in [-0.25, -0.2) is 18.1 Å². The Hall–Kier alpha value is -1.19. The average molecular weight is 365 g/mol. The van der Waals surface area contributed by atoms with Crippen molar-refractivity contribution in [2.24, 2.45) is 0 Å². The number of amides is 1. The molecule has 1 aromatic rings. The minimum atomic E-state index is -3.81. The molecule has 0 fully saturated rings. The number of hydrogen-bond acceptors (Lipinski definition) is 5. The SMILES string of the molecule is CCCNC(=O)CNS(=O)(=O)c1cc(Br)cnc1NC. The summed E-state index contributed by atoms with van der Waals surface area (Å²) in [6.07, 6.45) is 2.27. The van der Waals surface area contributed by atoms with Crippen LogP contribution in [-0.4, -0.2) is 39.4 Å². The van der Waals surface area contributed by atoms with Gasteiger partial charge in [0.15, 0.2) is 0 Å². The van der Waals surface area contributed by atoms with Crippen LogP contribution in [0.3, 0.4) is 0 Å². The van der Waals surface area contributed by atoms with Gasteiger partial charge in [0, 0.05) is 24.3 Å². The predicted octanol–water partition coefficient (Wildman–Crippen LogP) is 0.690. The monoisotopic (exact) mass is 364 g/mol. The van der Waals surface area contributed by atoms with Crippen LogP contribution in [0, 0.1) is 0 Å². The molecule has 7 nitrogen and oxygen atoms in total. The van der Waals surface area contributed by atoms with Crippen molar-refractivity contribution in [3.8, 4) is 0 Å². The van der Waals surface area contributed by atoms with Gasteiger partial charge in [-0.15, -0.1) is 0 Å². The van der Waals surface area contributed by atoms with Crippen molar-refractivity contribution in [1.29, 1.82) is 0 Å². The van der Waals surface area contributed by atoms with E-state index < -0.39 is 10.0 Å². The predicted molar refractivity (Wildman–Crippen MR) is 80.0 cm³/mol. The summed E-state index contributed by atoms with van der Waals surface area (Å²) in [6.45, 7) is 2.12. The topological polar surface area (TPSA) is 100 Å². The number of aromatic nitrogens is 1. The molecule has 1 heterocycles. The van der Waals surface area contributed by atoms with Gasteiger partial charge in [-0.3, -0.25) is 4.79 Å². The van der Waals surface area contributed by atoms with Crippen LogP contribution in [0.4, 0.5) is 5.82 Å². The van der Waals surface area contributed by atoms with E-state index in [-0.39, 0.29) is 23.2 Å². The van der Waals surface area contributed by atoms with Gasteiger partial charge in [-0.1, -0.05) is 6.92 Å². The first-order valence-electron chi connectivity index (χ1n) is 6.00. The molecule has 0 bridgehead atoms. The molecule has 0 aromatic carbocycles. The van der Waals surface area contributed by atoms with E-state index >= 15 is 0 Å². The molecule has 3 N–H and O–H groups in total. The van der Waals surface area contributed by atoms with Crippen LogP contribution in [-0.2, 0) is 14.8 Å². The summed E-state index contributed by atoms with van der Waals surface area (Å²) in [4.78, 5) is 15.4. The van der Waals surface area contributed by atoms with Crippen LogP contribution in [0.25, 0.3) is 0 Å². The summed E-state index contributed by atoms with van der Waals surface area (Å²) < 4.78 is 27.1. The van der Waals surface area contributed by atoms with Crippen LogP contribution in [0.15, 0.2) is 21.6 Å². The zero-order valence-corrected chi connectivity index (χ0v) is 13.6. The number of halogens is 1. The lowest BCUT2D eigenvalue weighted by atomic mass is 10.4. The Bertz CT molecular complexity index is 577. The summed E-state index contributed by atoms with van der Waals surface area (Å²) in [5, 5.41) is 5.29. The maximum absolute atomic E-state index is 12.2. The van der Waals surface area contributed by atoms with E-state index in [2.05, 4.69) is 36.3 Å². The third-order valence-electron chi connectivity index (χ3n) is 2.34. The van der Waals surface area contributed by atoms with Gasteiger partial charge in [-0.2, -0.15) is 0 Å². The number of sulfonamides is 1. The van der Waals surface area contributed by atoms with Crippen LogP contribution in [0.1, 0.15) is 13.3 Å². The number of carbonyl (C=O) groups is 1. The van der Waals surface area contributed by atoms with Gasteiger partial charge in [-0.05, 0) is 28.4 Å². The Balaban J connectivity index is 2.84. The number of hydrogen-bond donors (Lipinski definition) is 3. The van der Waals surface area contributed by atoms with Crippen molar-refractivity contribution in [1.82, 2.24) is 15.0 Å². The standard InChI is InChI=1S/C11H17BrN4O3S/c1-3-4-14-10(17)7-16-20(18,19)9-5-8(12)6-15-11(9)13-2/h5-6,16H,3-4,7H2,1-2H3,(H,13,15)(H,14,17). The Morgan fingerprint density at radius 2 is 2.15 bits per heavy atom. The second kappa shape index (κ2) is 7.55. The molecule has 9 heteroatoms. The number of anilines is 1. The summed E-state index contributed by atoms with van der Waals surface area (Å²) >= 11 is 3.17. The molecule has 0 saturated heterocycles. The third-order valence-corrected chi connectivity index (χ3v) is 4.19. The molecule has 0 spiro atoms. The van der Waals surface area contributed by atoms with Crippen molar-refractivity contribution in [2.45, 2.75) is 18.2 Å². The molecule has 0 aliphatic carbocycles. The zero-order valence-electron chi connectivity index (χ0n) is 11.2. The molecular weight excluding hydrogens is 348 g/mol. The number of nitrogens with zero attached hydrogens (tertiary/aromatic N) is 1. The first kappa shape index (κ1) is 16.9. The lowest BCUT2D eigenvalue weighted by molar-refractivity contribution is -0.119. The van der Waals surface area contributed by atoms with E-state index in [0.29, 0.717) is 11.0 Å². The average Bonchev–Trinajstić information content (AvgIpc) is 2.43. The fraction of sp³-hybridized carbons (Fsp3) is 0.455. The summed E-state index contributed by atoms with van der Waals surface area (Å²) in [7, 11) is -2.24. The van der Waals surface area contributed by atoms with E-state index in [1.54, 1.807) is 7.05 Å². The summed E-state index contributed by atoms with van der Waals surface area (Å²) in [5.41, 5.74) is 0. The molecule has 0 atom stereocenters. The highest BCUT2D eigenvalue weighted by Gasteiger charge is 2.20. The largest absolute Gasteiger partial charge is 0.372 e. The summed E-state index contributed by atoms with van der Waals surface area (Å²) in [6, 6.07) is 1.42. The number of nitrogens with one attached hydrogen (secondary N) is 3. The Labute approximate surface area is 126 Å². The number of pyridine rings is 1. The molecule has 0 aliphatic heterocycles. The maximum atomic E-state index is 12.2. The molecule has 0 unspecified atom stereocenters. The van der Waals surface area contributed by atoms with Crippen LogP contribution in [0.2, 0.25) is 0 Å². The molecular formula is C11H17BrN4O3S. The molecule has 1 amide bonds. The molecule has 0 radical (unpaired) electrons. The molecule has 1 aromatic heterocycles.